The van der Waals surface area contributed by atoms with Gasteiger partial charge in [-0.25, -0.2) is 0 Å². The lowest BCUT2D eigenvalue weighted by Crippen LogP contribution is -2.43. The summed E-state index contributed by atoms with van der Waals surface area (Å²) in [6, 6.07) is 11.3. The van der Waals surface area contributed by atoms with Crippen LogP contribution in [-0.4, -0.2) is 18.4 Å². The molecule has 1 N–H and O–H groups in total. The maximum absolute atomic E-state index is 12.7. The number of rotatable bonds is 5. The Balaban J connectivity index is 2.14. The number of hydrogen-bond donors (Lipinski definition) is 1. The van der Waals surface area contributed by atoms with Crippen molar-refractivity contribution in [2.45, 2.75) is 34.2 Å². The highest BCUT2D eigenvalue weighted by atomic mass is 16.3. The number of anilines is 1. The smallest absolute Gasteiger partial charge is 0.246 e. The second-order valence-electron chi connectivity index (χ2n) is 6.83. The van der Waals surface area contributed by atoms with Crippen LogP contribution in [-0.2, 0) is 16.1 Å². The summed E-state index contributed by atoms with van der Waals surface area (Å²) in [5.41, 5.74) is 1.35. The second kappa shape index (κ2) is 7.34. The molecule has 0 aliphatic heterocycles. The molecule has 0 unspecified atom stereocenters. The van der Waals surface area contributed by atoms with Crippen LogP contribution in [0.1, 0.15) is 32.1 Å². The molecule has 0 fully saturated rings. The minimum Gasteiger partial charge on any atom is -0.467 e. The zero-order valence-corrected chi connectivity index (χ0v) is 14.6. The van der Waals surface area contributed by atoms with E-state index in [2.05, 4.69) is 5.32 Å². The molecule has 2 rings (SSSR count). The van der Waals surface area contributed by atoms with Crippen LogP contribution < -0.4 is 10.2 Å². The Bertz CT molecular complexity index is 682. The summed E-state index contributed by atoms with van der Waals surface area (Å²) in [6.07, 6.45) is 1.58. The number of carbonyl (C=O) groups excluding carboxylic acids is 2. The topological polar surface area (TPSA) is 62.6 Å². The summed E-state index contributed by atoms with van der Waals surface area (Å²) in [5.74, 6) is 0.344. The van der Waals surface area contributed by atoms with Crippen molar-refractivity contribution in [2.75, 3.05) is 11.4 Å². The zero-order valence-electron chi connectivity index (χ0n) is 14.6. The zero-order chi connectivity index (χ0) is 17.7. The molecule has 1 aromatic carbocycles. The first-order chi connectivity index (χ1) is 11.3. The van der Waals surface area contributed by atoms with Gasteiger partial charge in [-0.1, -0.05) is 38.5 Å². The molecule has 0 saturated heterocycles. The minimum atomic E-state index is -0.532. The Morgan fingerprint density at radius 3 is 2.33 bits per heavy atom. The summed E-state index contributed by atoms with van der Waals surface area (Å²) in [7, 11) is 0. The molecular weight excluding hydrogens is 304 g/mol. The van der Waals surface area contributed by atoms with E-state index in [-0.39, 0.29) is 18.4 Å². The quantitative estimate of drug-likeness (QED) is 0.916. The van der Waals surface area contributed by atoms with E-state index in [1.165, 1.54) is 0 Å². The molecule has 5 heteroatoms. The molecule has 0 aliphatic rings. The lowest BCUT2D eigenvalue weighted by Gasteiger charge is -2.24. The van der Waals surface area contributed by atoms with Gasteiger partial charge in [0.15, 0.2) is 0 Å². The fraction of sp³-hybridized carbons (Fsp3) is 0.368. The van der Waals surface area contributed by atoms with E-state index in [0.717, 1.165) is 11.3 Å². The average molecular weight is 328 g/mol. The van der Waals surface area contributed by atoms with Crippen molar-refractivity contribution < 1.29 is 14.0 Å². The predicted octanol–water partition coefficient (Wildman–Crippen LogP) is 3.28. The van der Waals surface area contributed by atoms with Gasteiger partial charge in [0.2, 0.25) is 11.8 Å². The minimum absolute atomic E-state index is 0.0509. The summed E-state index contributed by atoms with van der Waals surface area (Å²) in [6.45, 7) is 7.70. The molecule has 5 nitrogen and oxygen atoms in total. The van der Waals surface area contributed by atoms with Crippen LogP contribution in [0.5, 0.6) is 0 Å². The van der Waals surface area contributed by atoms with Gasteiger partial charge in [-0.05, 0) is 31.2 Å². The molecule has 0 spiro atoms. The van der Waals surface area contributed by atoms with Gasteiger partial charge in [0, 0.05) is 11.1 Å². The standard InChI is InChI=1S/C19H24N2O3/c1-14-7-9-15(10-8-14)21(13-16-6-5-11-24-16)17(22)12-20-18(23)19(2,3)4/h5-11H,12-13H2,1-4H3,(H,20,23). The van der Waals surface area contributed by atoms with Gasteiger partial charge in [0.05, 0.1) is 19.4 Å². The molecule has 128 valence electrons. The normalized spacial score (nSPS) is 11.2. The number of amides is 2. The third-order valence-corrected chi connectivity index (χ3v) is 3.62. The van der Waals surface area contributed by atoms with Crippen LogP contribution in [0.2, 0.25) is 0 Å². The van der Waals surface area contributed by atoms with Gasteiger partial charge < -0.3 is 14.6 Å². The van der Waals surface area contributed by atoms with Crippen LogP contribution in [0, 0.1) is 12.3 Å². The highest BCUT2D eigenvalue weighted by Gasteiger charge is 2.23. The molecule has 24 heavy (non-hydrogen) atoms. The predicted molar refractivity (Wildman–Crippen MR) is 93.5 cm³/mol. The van der Waals surface area contributed by atoms with Crippen molar-refractivity contribution in [3.8, 4) is 0 Å². The third-order valence-electron chi connectivity index (χ3n) is 3.62. The maximum atomic E-state index is 12.7. The third kappa shape index (κ3) is 4.72. The van der Waals surface area contributed by atoms with Crippen LogP contribution >= 0.6 is 0 Å². The Labute approximate surface area is 142 Å². The summed E-state index contributed by atoms with van der Waals surface area (Å²) in [4.78, 5) is 26.3. The molecule has 0 atom stereocenters. The SMILES string of the molecule is Cc1ccc(N(Cc2ccco2)C(=O)CNC(=O)C(C)(C)C)cc1. The van der Waals surface area contributed by atoms with E-state index in [0.29, 0.717) is 12.3 Å². The van der Waals surface area contributed by atoms with Gasteiger partial charge in [-0.2, -0.15) is 0 Å². The number of hydrogen-bond acceptors (Lipinski definition) is 3. The molecule has 1 heterocycles. The summed E-state index contributed by atoms with van der Waals surface area (Å²) < 4.78 is 5.36. The number of furan rings is 1. The monoisotopic (exact) mass is 328 g/mol. The first-order valence-corrected chi connectivity index (χ1v) is 7.95. The van der Waals surface area contributed by atoms with Crippen LogP contribution in [0.15, 0.2) is 47.1 Å². The molecular formula is C19H24N2O3. The van der Waals surface area contributed by atoms with Gasteiger partial charge in [-0.3, -0.25) is 9.59 Å². The number of carbonyl (C=O) groups is 2. The molecule has 2 amide bonds. The maximum Gasteiger partial charge on any atom is 0.246 e. The first kappa shape index (κ1) is 17.8. The second-order valence-corrected chi connectivity index (χ2v) is 6.83. The van der Waals surface area contributed by atoms with Crippen LogP contribution in [0.4, 0.5) is 5.69 Å². The van der Waals surface area contributed by atoms with Crippen molar-refractivity contribution in [3.63, 3.8) is 0 Å². The largest absolute Gasteiger partial charge is 0.467 e. The van der Waals surface area contributed by atoms with Crippen molar-refractivity contribution in [2.24, 2.45) is 5.41 Å². The van der Waals surface area contributed by atoms with Gasteiger partial charge in [0.25, 0.3) is 0 Å². The van der Waals surface area contributed by atoms with Crippen molar-refractivity contribution in [1.29, 1.82) is 0 Å². The van der Waals surface area contributed by atoms with E-state index in [4.69, 9.17) is 4.42 Å². The fourth-order valence-electron chi connectivity index (χ4n) is 2.12. The molecule has 0 radical (unpaired) electrons. The average Bonchev–Trinajstić information content (AvgIpc) is 3.03. The van der Waals surface area contributed by atoms with Crippen LogP contribution in [0.3, 0.4) is 0 Å². The van der Waals surface area contributed by atoms with E-state index < -0.39 is 5.41 Å². The highest BCUT2D eigenvalue weighted by molar-refractivity contribution is 5.97. The van der Waals surface area contributed by atoms with E-state index in [1.54, 1.807) is 17.2 Å². The Kier molecular flexibility index (Phi) is 5.44. The van der Waals surface area contributed by atoms with Gasteiger partial charge in [-0.15, -0.1) is 0 Å². The van der Waals surface area contributed by atoms with Gasteiger partial charge in [0.1, 0.15) is 5.76 Å². The Morgan fingerprint density at radius 1 is 1.12 bits per heavy atom. The molecule has 0 saturated carbocycles. The molecule has 0 aliphatic carbocycles. The molecule has 2 aromatic rings. The Hall–Kier alpha value is -2.56. The molecule has 0 bridgehead atoms. The number of aryl methyl sites for hydroxylation is 1. The highest BCUT2D eigenvalue weighted by Crippen LogP contribution is 2.19. The summed E-state index contributed by atoms with van der Waals surface area (Å²) in [5, 5.41) is 2.70. The van der Waals surface area contributed by atoms with Crippen molar-refractivity contribution in [1.82, 2.24) is 5.32 Å². The van der Waals surface area contributed by atoms with E-state index >= 15 is 0 Å². The first-order valence-electron chi connectivity index (χ1n) is 7.95. The lowest BCUT2D eigenvalue weighted by atomic mass is 9.96. The Morgan fingerprint density at radius 2 is 1.79 bits per heavy atom. The number of benzene rings is 1. The van der Waals surface area contributed by atoms with Crippen molar-refractivity contribution in [3.05, 3.63) is 54.0 Å². The van der Waals surface area contributed by atoms with Crippen molar-refractivity contribution >= 4 is 17.5 Å². The van der Waals surface area contributed by atoms with E-state index in [9.17, 15) is 9.59 Å². The van der Waals surface area contributed by atoms with Crippen LogP contribution in [0.25, 0.3) is 0 Å². The number of nitrogens with one attached hydrogen (secondary N) is 1. The van der Waals surface area contributed by atoms with E-state index in [1.807, 2.05) is 58.0 Å². The molecule has 1 aromatic heterocycles. The van der Waals surface area contributed by atoms with Gasteiger partial charge >= 0.3 is 0 Å². The fourth-order valence-corrected chi connectivity index (χ4v) is 2.12. The number of nitrogens with zero attached hydrogens (tertiary/aromatic N) is 1. The lowest BCUT2D eigenvalue weighted by molar-refractivity contribution is -0.130. The summed E-state index contributed by atoms with van der Waals surface area (Å²) >= 11 is 0.